The zero-order valence-electron chi connectivity index (χ0n) is 16.6. The van der Waals surface area contributed by atoms with Gasteiger partial charge >= 0.3 is 0 Å². The summed E-state index contributed by atoms with van der Waals surface area (Å²) in [6.45, 7) is 4.05. The van der Waals surface area contributed by atoms with E-state index in [0.29, 0.717) is 39.1 Å². The Labute approximate surface area is 188 Å². The third-order valence-corrected chi connectivity index (χ3v) is 5.86. The summed E-state index contributed by atoms with van der Waals surface area (Å²) in [6, 6.07) is 8.61. The van der Waals surface area contributed by atoms with E-state index in [9.17, 15) is 9.59 Å². The van der Waals surface area contributed by atoms with Gasteiger partial charge in [-0.2, -0.15) is 0 Å². The first-order valence-electron chi connectivity index (χ1n) is 9.26. The Bertz CT molecular complexity index is 1100. The molecular weight excluding hydrogens is 442 g/mol. The molecule has 0 unspecified atom stereocenters. The molecule has 2 aliphatic heterocycles. The van der Waals surface area contributed by atoms with Crippen molar-refractivity contribution in [2.24, 2.45) is 0 Å². The lowest BCUT2D eigenvalue weighted by Gasteiger charge is -2.14. The van der Waals surface area contributed by atoms with Gasteiger partial charge in [0.05, 0.1) is 18.6 Å². The molecule has 2 amide bonds. The van der Waals surface area contributed by atoms with Gasteiger partial charge in [0.25, 0.3) is 11.1 Å². The highest BCUT2D eigenvalue weighted by Gasteiger charge is 2.36. The van der Waals surface area contributed by atoms with Crippen LogP contribution in [0.4, 0.5) is 4.79 Å². The first-order valence-corrected chi connectivity index (χ1v) is 10.5. The van der Waals surface area contributed by atoms with Crippen molar-refractivity contribution in [1.82, 2.24) is 4.90 Å². The van der Waals surface area contributed by atoms with Gasteiger partial charge in [0.1, 0.15) is 6.61 Å². The second-order valence-electron chi connectivity index (χ2n) is 6.54. The van der Waals surface area contributed by atoms with Crippen molar-refractivity contribution in [3.63, 3.8) is 0 Å². The van der Waals surface area contributed by atoms with Crippen molar-refractivity contribution in [1.29, 1.82) is 0 Å². The van der Waals surface area contributed by atoms with E-state index in [1.54, 1.807) is 42.5 Å². The molecule has 1 fully saturated rings. The molecule has 4 rings (SSSR count). The predicted octanol–water partition coefficient (Wildman–Crippen LogP) is 4.88. The molecule has 0 radical (unpaired) electrons. The molecular formula is C22H18ClNO6S. The maximum absolute atomic E-state index is 13.0. The number of rotatable bonds is 7. The maximum atomic E-state index is 13.0. The molecule has 2 aromatic carbocycles. The van der Waals surface area contributed by atoms with E-state index >= 15 is 0 Å². The summed E-state index contributed by atoms with van der Waals surface area (Å²) in [5.74, 6) is 1.63. The van der Waals surface area contributed by atoms with E-state index in [1.807, 2.05) is 0 Å². The predicted molar refractivity (Wildman–Crippen MR) is 118 cm³/mol. The number of hydrogen-bond acceptors (Lipinski definition) is 7. The van der Waals surface area contributed by atoms with E-state index in [4.69, 9.17) is 30.5 Å². The van der Waals surface area contributed by atoms with Gasteiger partial charge in [-0.1, -0.05) is 36.4 Å². The van der Waals surface area contributed by atoms with E-state index < -0.39 is 5.91 Å². The average molecular weight is 460 g/mol. The molecule has 0 spiro atoms. The molecule has 160 valence electrons. The summed E-state index contributed by atoms with van der Waals surface area (Å²) >= 11 is 7.16. The van der Waals surface area contributed by atoms with Gasteiger partial charge in [-0.25, -0.2) is 0 Å². The fourth-order valence-corrected chi connectivity index (χ4v) is 4.17. The number of fused-ring (bicyclic) bond motifs is 1. The number of halogens is 1. The monoisotopic (exact) mass is 459 g/mol. The molecule has 9 heteroatoms. The zero-order valence-corrected chi connectivity index (χ0v) is 18.1. The number of amides is 2. The number of methoxy groups -OCH3 is 1. The van der Waals surface area contributed by atoms with Crippen LogP contribution in [0.3, 0.4) is 0 Å². The van der Waals surface area contributed by atoms with Gasteiger partial charge in [-0.05, 0) is 35.5 Å². The molecule has 0 saturated carbocycles. The first kappa shape index (κ1) is 21.1. The molecule has 2 aliphatic rings. The number of para-hydroxylation sites is 1. The fraction of sp³-hybridized carbons (Fsp3) is 0.182. The lowest BCUT2D eigenvalue weighted by Crippen LogP contribution is -2.27. The lowest BCUT2D eigenvalue weighted by atomic mass is 10.1. The summed E-state index contributed by atoms with van der Waals surface area (Å²) in [4.78, 5) is 27.0. The number of ether oxygens (including phenoxy) is 4. The quantitative estimate of drug-likeness (QED) is 0.431. The van der Waals surface area contributed by atoms with Crippen LogP contribution in [-0.4, -0.2) is 36.6 Å². The highest BCUT2D eigenvalue weighted by atomic mass is 35.5. The maximum Gasteiger partial charge on any atom is 0.293 e. The van der Waals surface area contributed by atoms with Crippen LogP contribution in [0.25, 0.3) is 6.08 Å². The van der Waals surface area contributed by atoms with Crippen LogP contribution in [0.2, 0.25) is 5.02 Å². The van der Waals surface area contributed by atoms with Gasteiger partial charge in [0.15, 0.2) is 23.0 Å². The third-order valence-electron chi connectivity index (χ3n) is 4.61. The Morgan fingerprint density at radius 2 is 2.03 bits per heavy atom. The number of imide groups is 1. The minimum Gasteiger partial charge on any atom is -0.493 e. The summed E-state index contributed by atoms with van der Waals surface area (Å²) in [6.07, 6.45) is 3.23. The van der Waals surface area contributed by atoms with Crippen LogP contribution in [0, 0.1) is 0 Å². The van der Waals surface area contributed by atoms with Crippen LogP contribution < -0.4 is 18.9 Å². The van der Waals surface area contributed by atoms with Crippen LogP contribution >= 0.6 is 23.4 Å². The summed E-state index contributed by atoms with van der Waals surface area (Å²) in [5.41, 5.74) is 1.21. The molecule has 0 aliphatic carbocycles. The standard InChI is InChI=1S/C22H18ClNO6S/c1-3-7-28-20-13(5-4-6-16(20)27-2)9-19-21(25)24(22(26)31-19)11-14-8-17-18(10-15(14)23)30-12-29-17/h3-6,8-10H,1,7,11-12H2,2H3/b19-9-. The molecule has 2 heterocycles. The van der Waals surface area contributed by atoms with Gasteiger partial charge in [-0.3, -0.25) is 14.5 Å². The number of benzene rings is 2. The first-order chi connectivity index (χ1) is 15.0. The normalized spacial score (nSPS) is 16.2. The Balaban J connectivity index is 1.61. The van der Waals surface area contributed by atoms with Crippen LogP contribution in [0.1, 0.15) is 11.1 Å². The number of hydrogen-bond donors (Lipinski definition) is 0. The third kappa shape index (κ3) is 4.22. The van der Waals surface area contributed by atoms with Gasteiger partial charge < -0.3 is 18.9 Å². The largest absolute Gasteiger partial charge is 0.493 e. The summed E-state index contributed by atoms with van der Waals surface area (Å²) < 4.78 is 21.7. The fourth-order valence-electron chi connectivity index (χ4n) is 3.13. The summed E-state index contributed by atoms with van der Waals surface area (Å²) in [5, 5.41) is 0.00151. The number of nitrogens with zero attached hydrogens (tertiary/aromatic N) is 1. The van der Waals surface area contributed by atoms with Gasteiger partial charge in [0, 0.05) is 16.7 Å². The van der Waals surface area contributed by atoms with Gasteiger partial charge in [0.2, 0.25) is 6.79 Å². The molecule has 0 bridgehead atoms. The number of carbonyl (C=O) groups excluding carboxylic acids is 2. The van der Waals surface area contributed by atoms with E-state index in [-0.39, 0.29) is 30.1 Å². The van der Waals surface area contributed by atoms with E-state index in [0.717, 1.165) is 16.7 Å². The van der Waals surface area contributed by atoms with Crippen LogP contribution in [0.15, 0.2) is 47.9 Å². The van der Waals surface area contributed by atoms with E-state index in [2.05, 4.69) is 6.58 Å². The lowest BCUT2D eigenvalue weighted by molar-refractivity contribution is -0.123. The van der Waals surface area contributed by atoms with Crippen LogP contribution in [-0.2, 0) is 11.3 Å². The Morgan fingerprint density at radius 3 is 2.77 bits per heavy atom. The smallest absolute Gasteiger partial charge is 0.293 e. The Morgan fingerprint density at radius 1 is 1.26 bits per heavy atom. The van der Waals surface area contributed by atoms with Crippen molar-refractivity contribution in [3.05, 3.63) is 64.0 Å². The topological polar surface area (TPSA) is 74.3 Å². The van der Waals surface area contributed by atoms with E-state index in [1.165, 1.54) is 7.11 Å². The van der Waals surface area contributed by atoms with Crippen molar-refractivity contribution < 1.29 is 28.5 Å². The van der Waals surface area contributed by atoms with Crippen molar-refractivity contribution in [2.45, 2.75) is 6.54 Å². The van der Waals surface area contributed by atoms with Crippen molar-refractivity contribution in [2.75, 3.05) is 20.5 Å². The molecule has 31 heavy (non-hydrogen) atoms. The zero-order chi connectivity index (χ0) is 22.0. The van der Waals surface area contributed by atoms with Gasteiger partial charge in [-0.15, -0.1) is 0 Å². The highest BCUT2D eigenvalue weighted by Crippen LogP contribution is 2.40. The molecule has 0 N–H and O–H groups in total. The minimum absolute atomic E-state index is 0.0232. The highest BCUT2D eigenvalue weighted by molar-refractivity contribution is 8.18. The van der Waals surface area contributed by atoms with Crippen LogP contribution in [0.5, 0.6) is 23.0 Å². The average Bonchev–Trinajstić information content (AvgIpc) is 3.31. The Hall–Kier alpha value is -3.10. The molecule has 2 aromatic rings. The summed E-state index contributed by atoms with van der Waals surface area (Å²) in [7, 11) is 1.53. The molecule has 7 nitrogen and oxygen atoms in total. The second kappa shape index (κ2) is 8.95. The Kier molecular flexibility index (Phi) is 6.11. The minimum atomic E-state index is -0.416. The number of carbonyl (C=O) groups is 2. The molecule has 1 saturated heterocycles. The molecule has 0 atom stereocenters. The molecule has 0 aromatic heterocycles. The van der Waals surface area contributed by atoms with Crippen molar-refractivity contribution >= 4 is 40.6 Å². The SMILES string of the molecule is C=CCOc1c(/C=C2\SC(=O)N(Cc3cc4c(cc3Cl)OCO4)C2=O)cccc1OC. The van der Waals surface area contributed by atoms with Crippen molar-refractivity contribution in [3.8, 4) is 23.0 Å². The second-order valence-corrected chi connectivity index (χ2v) is 7.94. The number of thioether (sulfide) groups is 1.